The first-order valence-corrected chi connectivity index (χ1v) is 9.01. The number of nitrogen functional groups attached to an aromatic ring is 1. The average Bonchev–Trinajstić information content (AvgIpc) is 2.55. The third kappa shape index (κ3) is 3.32. The van der Waals surface area contributed by atoms with E-state index >= 15 is 0 Å². The van der Waals surface area contributed by atoms with Gasteiger partial charge in [-0.2, -0.15) is 8.42 Å². The minimum absolute atomic E-state index is 0.0857. The van der Waals surface area contributed by atoms with E-state index in [2.05, 4.69) is 5.32 Å². The Morgan fingerprint density at radius 1 is 1.04 bits per heavy atom. The molecular weight excluding hydrogens is 356 g/mol. The molecule has 0 aliphatic heterocycles. The van der Waals surface area contributed by atoms with Crippen molar-refractivity contribution in [2.45, 2.75) is 11.8 Å². The van der Waals surface area contributed by atoms with Gasteiger partial charge in [0.15, 0.2) is 0 Å². The van der Waals surface area contributed by atoms with Crippen LogP contribution in [-0.4, -0.2) is 24.0 Å². The first kappa shape index (κ1) is 17.7. The van der Waals surface area contributed by atoms with Gasteiger partial charge in [-0.3, -0.25) is 9.35 Å². The molecule has 0 fully saturated rings. The summed E-state index contributed by atoms with van der Waals surface area (Å²) in [6.07, 6.45) is 0. The van der Waals surface area contributed by atoms with E-state index in [0.29, 0.717) is 16.8 Å². The van der Waals surface area contributed by atoms with Crippen LogP contribution >= 0.6 is 0 Å². The van der Waals surface area contributed by atoms with E-state index in [1.807, 2.05) is 6.92 Å². The molecule has 0 unspecified atom stereocenters. The Balaban J connectivity index is 2.12. The molecule has 3 aromatic rings. The number of phenols is 1. The van der Waals surface area contributed by atoms with Crippen molar-refractivity contribution in [3.05, 3.63) is 59.7 Å². The molecule has 0 atom stereocenters. The van der Waals surface area contributed by atoms with Gasteiger partial charge in [-0.05, 0) is 49.4 Å². The highest BCUT2D eigenvalue weighted by atomic mass is 32.2. The Labute approximate surface area is 149 Å². The molecule has 0 saturated heterocycles. The zero-order valence-electron chi connectivity index (χ0n) is 13.7. The molecule has 0 aliphatic rings. The van der Waals surface area contributed by atoms with Crippen LogP contribution in [-0.2, 0) is 10.1 Å². The van der Waals surface area contributed by atoms with Crippen LogP contribution in [0.5, 0.6) is 5.75 Å². The Morgan fingerprint density at radius 2 is 1.77 bits per heavy atom. The molecule has 0 radical (unpaired) electrons. The van der Waals surface area contributed by atoms with Crippen molar-refractivity contribution in [1.29, 1.82) is 0 Å². The van der Waals surface area contributed by atoms with Gasteiger partial charge in [0.05, 0.1) is 5.56 Å². The zero-order valence-corrected chi connectivity index (χ0v) is 14.5. The number of carbonyl (C=O) groups excluding carboxylic acids is 1. The van der Waals surface area contributed by atoms with Crippen molar-refractivity contribution in [2.75, 3.05) is 11.1 Å². The first-order chi connectivity index (χ1) is 12.2. The van der Waals surface area contributed by atoms with Crippen LogP contribution in [0, 0.1) is 6.92 Å². The Hall–Kier alpha value is -3.10. The van der Waals surface area contributed by atoms with E-state index in [0.717, 1.165) is 11.6 Å². The molecule has 0 bridgehead atoms. The van der Waals surface area contributed by atoms with Crippen molar-refractivity contribution < 1.29 is 22.9 Å². The molecule has 0 heterocycles. The second-order valence-corrected chi connectivity index (χ2v) is 7.25. The maximum absolute atomic E-state index is 12.6. The number of phenolic OH excluding ortho intramolecular Hbond substituents is 1. The SMILES string of the molecule is Cc1ccc(N)c(C(=O)Nc2ccc(S(=O)(=O)O)c3cc(O)ccc23)c1. The number of hydrogen-bond acceptors (Lipinski definition) is 5. The molecule has 0 spiro atoms. The number of nitrogens with one attached hydrogen (secondary N) is 1. The summed E-state index contributed by atoms with van der Waals surface area (Å²) < 4.78 is 32.5. The van der Waals surface area contributed by atoms with Crippen LogP contribution in [0.4, 0.5) is 11.4 Å². The maximum atomic E-state index is 12.6. The van der Waals surface area contributed by atoms with Crippen LogP contribution in [0.1, 0.15) is 15.9 Å². The van der Waals surface area contributed by atoms with Gasteiger partial charge in [-0.25, -0.2) is 0 Å². The van der Waals surface area contributed by atoms with Crippen molar-refractivity contribution in [2.24, 2.45) is 0 Å². The molecule has 0 aliphatic carbocycles. The second kappa shape index (κ2) is 6.32. The monoisotopic (exact) mass is 372 g/mol. The Kier molecular flexibility index (Phi) is 4.31. The predicted molar refractivity (Wildman–Crippen MR) is 99.0 cm³/mol. The molecule has 8 heteroatoms. The lowest BCUT2D eigenvalue weighted by molar-refractivity contribution is 0.102. The molecule has 134 valence electrons. The number of hydrogen-bond donors (Lipinski definition) is 4. The number of fused-ring (bicyclic) bond motifs is 1. The minimum Gasteiger partial charge on any atom is -0.508 e. The summed E-state index contributed by atoms with van der Waals surface area (Å²) in [7, 11) is -4.50. The van der Waals surface area contributed by atoms with Crippen LogP contribution in [0.3, 0.4) is 0 Å². The van der Waals surface area contributed by atoms with Gasteiger partial charge in [-0.1, -0.05) is 11.6 Å². The van der Waals surface area contributed by atoms with Gasteiger partial charge in [0.1, 0.15) is 10.6 Å². The third-order valence-electron chi connectivity index (χ3n) is 3.94. The Bertz CT molecular complexity index is 1140. The molecule has 0 saturated carbocycles. The molecule has 3 aromatic carbocycles. The molecule has 3 rings (SSSR count). The normalized spacial score (nSPS) is 11.5. The highest BCUT2D eigenvalue weighted by molar-refractivity contribution is 7.86. The lowest BCUT2D eigenvalue weighted by atomic mass is 10.1. The predicted octanol–water partition coefficient (Wildman–Crippen LogP) is 2.94. The van der Waals surface area contributed by atoms with Gasteiger partial charge in [0, 0.05) is 22.1 Å². The molecular formula is C18H16N2O5S. The van der Waals surface area contributed by atoms with Crippen molar-refractivity contribution in [3.8, 4) is 5.75 Å². The number of benzene rings is 3. The van der Waals surface area contributed by atoms with Crippen molar-refractivity contribution >= 4 is 38.2 Å². The summed E-state index contributed by atoms with van der Waals surface area (Å²) in [6, 6.07) is 11.6. The zero-order chi connectivity index (χ0) is 19.1. The third-order valence-corrected chi connectivity index (χ3v) is 4.85. The van der Waals surface area contributed by atoms with Crippen LogP contribution in [0.15, 0.2) is 53.4 Å². The lowest BCUT2D eigenvalue weighted by Crippen LogP contribution is -2.14. The topological polar surface area (TPSA) is 130 Å². The lowest BCUT2D eigenvalue weighted by Gasteiger charge is -2.13. The summed E-state index contributed by atoms with van der Waals surface area (Å²) in [5.74, 6) is -0.631. The molecule has 1 amide bonds. The van der Waals surface area contributed by atoms with Crippen molar-refractivity contribution in [1.82, 2.24) is 0 Å². The molecule has 5 N–H and O–H groups in total. The van der Waals surface area contributed by atoms with E-state index in [1.54, 1.807) is 18.2 Å². The summed E-state index contributed by atoms with van der Waals surface area (Å²) in [5, 5.41) is 12.8. The highest BCUT2D eigenvalue weighted by Gasteiger charge is 2.18. The Morgan fingerprint density at radius 3 is 2.46 bits per heavy atom. The molecule has 7 nitrogen and oxygen atoms in total. The largest absolute Gasteiger partial charge is 0.508 e. The molecule has 26 heavy (non-hydrogen) atoms. The second-order valence-electron chi connectivity index (χ2n) is 5.86. The van der Waals surface area contributed by atoms with E-state index in [1.165, 1.54) is 24.3 Å². The summed E-state index contributed by atoms with van der Waals surface area (Å²) >= 11 is 0. The average molecular weight is 372 g/mol. The minimum atomic E-state index is -4.50. The summed E-state index contributed by atoms with van der Waals surface area (Å²) in [5.41, 5.74) is 7.63. The van der Waals surface area contributed by atoms with Crippen LogP contribution in [0.25, 0.3) is 10.8 Å². The quantitative estimate of drug-likeness (QED) is 0.413. The van der Waals surface area contributed by atoms with Crippen LogP contribution in [0.2, 0.25) is 0 Å². The number of rotatable bonds is 3. The van der Waals surface area contributed by atoms with E-state index < -0.39 is 16.0 Å². The summed E-state index contributed by atoms with van der Waals surface area (Å²) in [4.78, 5) is 12.2. The van der Waals surface area contributed by atoms with Gasteiger partial charge in [0.25, 0.3) is 16.0 Å². The van der Waals surface area contributed by atoms with Crippen LogP contribution < -0.4 is 11.1 Å². The smallest absolute Gasteiger partial charge is 0.295 e. The van der Waals surface area contributed by atoms with Gasteiger partial charge >= 0.3 is 0 Å². The van der Waals surface area contributed by atoms with E-state index in [9.17, 15) is 22.9 Å². The number of aryl methyl sites for hydroxylation is 1. The standard InChI is InChI=1S/C18H16N2O5S/c1-10-2-5-15(19)14(8-10)18(22)20-16-6-7-17(26(23,24)25)13-9-11(21)3-4-12(13)16/h2-9,21H,19H2,1H3,(H,20,22)(H,23,24,25). The fraction of sp³-hybridized carbons (Fsp3) is 0.0556. The van der Waals surface area contributed by atoms with E-state index in [-0.39, 0.29) is 21.6 Å². The number of carbonyl (C=O) groups is 1. The highest BCUT2D eigenvalue weighted by Crippen LogP contribution is 2.32. The number of anilines is 2. The number of amides is 1. The maximum Gasteiger partial charge on any atom is 0.295 e. The van der Waals surface area contributed by atoms with Gasteiger partial charge in [-0.15, -0.1) is 0 Å². The first-order valence-electron chi connectivity index (χ1n) is 7.57. The van der Waals surface area contributed by atoms with E-state index in [4.69, 9.17) is 5.73 Å². The van der Waals surface area contributed by atoms with Gasteiger partial charge < -0.3 is 16.2 Å². The van der Waals surface area contributed by atoms with Crippen molar-refractivity contribution in [3.63, 3.8) is 0 Å². The summed E-state index contributed by atoms with van der Waals surface area (Å²) in [6.45, 7) is 1.83. The molecule has 0 aromatic heterocycles. The fourth-order valence-corrected chi connectivity index (χ4v) is 3.39. The number of nitrogens with two attached hydrogens (primary N) is 1. The number of aromatic hydroxyl groups is 1. The fourth-order valence-electron chi connectivity index (χ4n) is 2.70. The van der Waals surface area contributed by atoms with Gasteiger partial charge in [0.2, 0.25) is 0 Å².